The van der Waals surface area contributed by atoms with Gasteiger partial charge in [-0.2, -0.15) is 0 Å². The van der Waals surface area contributed by atoms with Gasteiger partial charge in [0.1, 0.15) is 0 Å². The zero-order valence-electron chi connectivity index (χ0n) is 11.4. The Labute approximate surface area is 111 Å². The lowest BCUT2D eigenvalue weighted by atomic mass is 9.94. The van der Waals surface area contributed by atoms with E-state index >= 15 is 0 Å². The molecular weight excluding hydrogens is 224 g/mol. The predicted octanol–water partition coefficient (Wildman–Crippen LogP) is 2.33. The van der Waals surface area contributed by atoms with E-state index in [9.17, 15) is 4.79 Å². The molecule has 0 unspecified atom stereocenters. The minimum atomic E-state index is 0.355. The lowest BCUT2D eigenvalue weighted by molar-refractivity contribution is -0.134. The highest BCUT2D eigenvalue weighted by molar-refractivity contribution is 5.77. The van der Waals surface area contributed by atoms with Gasteiger partial charge in [0.15, 0.2) is 0 Å². The summed E-state index contributed by atoms with van der Waals surface area (Å²) in [5, 5.41) is 3.36. The molecule has 0 aromatic heterocycles. The average Bonchev–Trinajstić information content (AvgIpc) is 2.90. The van der Waals surface area contributed by atoms with E-state index in [1.807, 2.05) is 6.08 Å². The molecule has 0 spiro atoms. The third-order valence-corrected chi connectivity index (χ3v) is 4.33. The van der Waals surface area contributed by atoms with E-state index in [-0.39, 0.29) is 0 Å². The summed E-state index contributed by atoms with van der Waals surface area (Å²) in [7, 11) is 0. The van der Waals surface area contributed by atoms with E-state index in [1.54, 1.807) is 0 Å². The Balaban J connectivity index is 1.87. The Hall–Kier alpha value is -0.830. The molecule has 0 bridgehead atoms. The number of carbonyl (C=O) groups is 1. The zero-order chi connectivity index (χ0) is 12.8. The molecule has 18 heavy (non-hydrogen) atoms. The number of hydrogen-bond acceptors (Lipinski definition) is 2. The molecular formula is C15H26N2O. The van der Waals surface area contributed by atoms with Gasteiger partial charge in [-0.15, -0.1) is 6.58 Å². The van der Waals surface area contributed by atoms with Crippen LogP contribution in [-0.4, -0.2) is 36.5 Å². The van der Waals surface area contributed by atoms with Gasteiger partial charge in [-0.1, -0.05) is 18.9 Å². The first-order valence-electron chi connectivity index (χ1n) is 7.42. The molecule has 1 aliphatic carbocycles. The fraction of sp³-hybridized carbons (Fsp3) is 0.800. The zero-order valence-corrected chi connectivity index (χ0v) is 11.4. The van der Waals surface area contributed by atoms with Crippen molar-refractivity contribution in [1.82, 2.24) is 10.2 Å². The normalized spacial score (nSPS) is 22.0. The maximum Gasteiger partial charge on any atom is 0.223 e. The van der Waals surface area contributed by atoms with Gasteiger partial charge >= 0.3 is 0 Å². The lowest BCUT2D eigenvalue weighted by Crippen LogP contribution is -2.40. The van der Waals surface area contributed by atoms with E-state index in [2.05, 4.69) is 16.8 Å². The van der Waals surface area contributed by atoms with E-state index in [0.29, 0.717) is 17.9 Å². The summed E-state index contributed by atoms with van der Waals surface area (Å²) < 4.78 is 0. The minimum Gasteiger partial charge on any atom is -0.336 e. The van der Waals surface area contributed by atoms with Crippen molar-refractivity contribution in [3.05, 3.63) is 12.7 Å². The van der Waals surface area contributed by atoms with Crippen LogP contribution in [0.5, 0.6) is 0 Å². The highest BCUT2D eigenvalue weighted by Crippen LogP contribution is 2.25. The van der Waals surface area contributed by atoms with Gasteiger partial charge < -0.3 is 10.2 Å². The Morgan fingerprint density at radius 1 is 1.22 bits per heavy atom. The van der Waals surface area contributed by atoms with E-state index in [4.69, 9.17) is 0 Å². The monoisotopic (exact) mass is 250 g/mol. The van der Waals surface area contributed by atoms with Gasteiger partial charge in [-0.05, 0) is 44.7 Å². The van der Waals surface area contributed by atoms with E-state index in [1.165, 1.54) is 25.7 Å². The van der Waals surface area contributed by atoms with Crippen LogP contribution in [0.3, 0.4) is 0 Å². The van der Waals surface area contributed by atoms with Crippen molar-refractivity contribution in [3.8, 4) is 0 Å². The quantitative estimate of drug-likeness (QED) is 0.760. The Kier molecular flexibility index (Phi) is 5.24. The van der Waals surface area contributed by atoms with Crippen LogP contribution >= 0.6 is 0 Å². The lowest BCUT2D eigenvalue weighted by Gasteiger charge is -2.30. The third-order valence-electron chi connectivity index (χ3n) is 4.33. The maximum absolute atomic E-state index is 12.4. The topological polar surface area (TPSA) is 32.3 Å². The number of piperidine rings is 1. The maximum atomic E-state index is 12.4. The fourth-order valence-corrected chi connectivity index (χ4v) is 3.26. The van der Waals surface area contributed by atoms with Crippen molar-refractivity contribution in [1.29, 1.82) is 0 Å². The molecule has 0 aromatic rings. The molecule has 1 amide bonds. The minimum absolute atomic E-state index is 0.355. The number of nitrogens with one attached hydrogen (secondary N) is 1. The molecule has 1 aliphatic heterocycles. The third kappa shape index (κ3) is 3.58. The highest BCUT2D eigenvalue weighted by atomic mass is 16.2. The van der Waals surface area contributed by atoms with Crippen LogP contribution in [0.1, 0.15) is 44.9 Å². The predicted molar refractivity (Wildman–Crippen MR) is 74.4 cm³/mol. The second kappa shape index (κ2) is 6.93. The molecule has 1 N–H and O–H groups in total. The fourth-order valence-electron chi connectivity index (χ4n) is 3.26. The summed E-state index contributed by atoms with van der Waals surface area (Å²) in [6, 6.07) is 0.484. The molecule has 0 aromatic carbocycles. The summed E-state index contributed by atoms with van der Waals surface area (Å²) in [6.07, 6.45) is 9.84. The number of carbonyl (C=O) groups excluding carboxylic acids is 1. The Bertz CT molecular complexity index is 278. The average molecular weight is 250 g/mol. The van der Waals surface area contributed by atoms with Gasteiger partial charge in [0.05, 0.1) is 0 Å². The van der Waals surface area contributed by atoms with Crippen molar-refractivity contribution >= 4 is 5.91 Å². The van der Waals surface area contributed by atoms with Gasteiger partial charge in [0.25, 0.3) is 0 Å². The number of nitrogens with zero attached hydrogens (tertiary/aromatic N) is 1. The second-order valence-electron chi connectivity index (χ2n) is 5.67. The molecule has 1 heterocycles. The summed E-state index contributed by atoms with van der Waals surface area (Å²) >= 11 is 0. The van der Waals surface area contributed by atoms with Gasteiger partial charge in [-0.3, -0.25) is 4.79 Å². The van der Waals surface area contributed by atoms with Crippen LogP contribution in [0.25, 0.3) is 0 Å². The summed E-state index contributed by atoms with van der Waals surface area (Å²) in [5.74, 6) is 0.946. The number of rotatable bonds is 5. The first-order chi connectivity index (χ1) is 8.81. The molecule has 1 saturated carbocycles. The molecule has 2 aliphatic rings. The standard InChI is InChI=1S/C15H26N2O/c1-2-11-17(14-5-3-4-6-14)15(18)12-13-7-9-16-10-8-13/h2,13-14,16H,1,3-12H2. The van der Waals surface area contributed by atoms with E-state index in [0.717, 1.165) is 38.9 Å². The van der Waals surface area contributed by atoms with Gasteiger partial charge in [-0.25, -0.2) is 0 Å². The van der Waals surface area contributed by atoms with Crippen LogP contribution in [0, 0.1) is 5.92 Å². The van der Waals surface area contributed by atoms with Crippen LogP contribution < -0.4 is 5.32 Å². The Morgan fingerprint density at radius 3 is 2.50 bits per heavy atom. The second-order valence-corrected chi connectivity index (χ2v) is 5.67. The van der Waals surface area contributed by atoms with Crippen molar-refractivity contribution < 1.29 is 4.79 Å². The number of hydrogen-bond donors (Lipinski definition) is 1. The van der Waals surface area contributed by atoms with Crippen molar-refractivity contribution in [3.63, 3.8) is 0 Å². The SMILES string of the molecule is C=CCN(C(=O)CC1CCNCC1)C1CCCC1. The van der Waals surface area contributed by atoms with Crippen LogP contribution in [0.15, 0.2) is 12.7 Å². The van der Waals surface area contributed by atoms with Crippen LogP contribution in [0.4, 0.5) is 0 Å². The molecule has 1 saturated heterocycles. The smallest absolute Gasteiger partial charge is 0.223 e. The molecule has 0 atom stereocenters. The summed E-state index contributed by atoms with van der Waals surface area (Å²) in [4.78, 5) is 14.5. The molecule has 102 valence electrons. The molecule has 3 nitrogen and oxygen atoms in total. The first-order valence-corrected chi connectivity index (χ1v) is 7.42. The van der Waals surface area contributed by atoms with Crippen LogP contribution in [0.2, 0.25) is 0 Å². The van der Waals surface area contributed by atoms with Crippen LogP contribution in [-0.2, 0) is 4.79 Å². The highest BCUT2D eigenvalue weighted by Gasteiger charge is 2.27. The van der Waals surface area contributed by atoms with Crippen molar-refractivity contribution in [2.24, 2.45) is 5.92 Å². The number of amides is 1. The molecule has 2 fully saturated rings. The first kappa shape index (κ1) is 13.6. The van der Waals surface area contributed by atoms with E-state index < -0.39 is 0 Å². The largest absolute Gasteiger partial charge is 0.336 e. The summed E-state index contributed by atoms with van der Waals surface area (Å²) in [5.41, 5.74) is 0. The van der Waals surface area contributed by atoms with Gasteiger partial charge in [0.2, 0.25) is 5.91 Å². The molecule has 2 rings (SSSR count). The summed E-state index contributed by atoms with van der Waals surface area (Å²) in [6.45, 7) is 6.67. The molecule has 3 heteroatoms. The Morgan fingerprint density at radius 2 is 1.89 bits per heavy atom. The van der Waals surface area contributed by atoms with Gasteiger partial charge in [0, 0.05) is 19.0 Å². The van der Waals surface area contributed by atoms with Crippen molar-refractivity contribution in [2.45, 2.75) is 51.0 Å². The van der Waals surface area contributed by atoms with Crippen molar-refractivity contribution in [2.75, 3.05) is 19.6 Å². The molecule has 0 radical (unpaired) electrons.